The molecule has 4 rings (SSSR count). The van der Waals surface area contributed by atoms with Crippen LogP contribution in [0, 0.1) is 70.7 Å². The van der Waals surface area contributed by atoms with Crippen molar-refractivity contribution in [2.45, 2.75) is 107 Å². The van der Waals surface area contributed by atoms with E-state index < -0.39 is 32.3 Å². The molecular weight excluding hydrogens is 665 g/mol. The minimum absolute atomic E-state index is 0. The van der Waals surface area contributed by atoms with Crippen LogP contribution in [0.2, 0.25) is 58.9 Å². The molecule has 5 heteroatoms. The summed E-state index contributed by atoms with van der Waals surface area (Å²) in [5.74, 6) is 0. The maximum atomic E-state index is 2.68. The van der Waals surface area contributed by atoms with Crippen LogP contribution >= 0.6 is 0 Å². The Labute approximate surface area is 311 Å². The Hall–Kier alpha value is -1.41. The van der Waals surface area contributed by atoms with Crippen LogP contribution in [-0.2, 0) is 21.7 Å². The van der Waals surface area contributed by atoms with Crippen molar-refractivity contribution < 1.29 is 21.7 Å². The van der Waals surface area contributed by atoms with Crippen molar-refractivity contribution in [1.29, 1.82) is 0 Å². The Morgan fingerprint density at radius 3 is 0.872 bits per heavy atom. The SMILES string of the molecule is Cc1cc([Si](C)(C)C)cc([Si](c2cc(C)cc([Si](C)(C)C)c2)(c2cc(C)cc([Si](C)(C)C)c2)c2c(C)c(C)c(C)[c-]2C)c1.[CH3-].[CH3-].[CH3-].[Ti+4]. The molecular formula is C42H66Si4Ti. The molecule has 0 spiro atoms. The van der Waals surface area contributed by atoms with E-state index in [0.29, 0.717) is 0 Å². The van der Waals surface area contributed by atoms with Crippen LogP contribution in [0.3, 0.4) is 0 Å². The molecule has 0 unspecified atom stereocenters. The fraction of sp³-hybridized carbons (Fsp3) is 0.381. The molecule has 0 bridgehead atoms. The third-order valence-electron chi connectivity index (χ3n) is 9.94. The van der Waals surface area contributed by atoms with E-state index in [1.807, 2.05) is 0 Å². The van der Waals surface area contributed by atoms with Gasteiger partial charge >= 0.3 is 21.7 Å². The second-order valence-electron chi connectivity index (χ2n) is 16.6. The van der Waals surface area contributed by atoms with Crippen LogP contribution in [0.1, 0.15) is 38.9 Å². The maximum absolute atomic E-state index is 2.76. The van der Waals surface area contributed by atoms with Crippen LogP contribution in [-0.4, -0.2) is 32.3 Å². The van der Waals surface area contributed by atoms with Gasteiger partial charge in [-0.3, -0.25) is 0 Å². The standard InChI is InChI=1S/C39H57Si4.3CH3.Ti/c1-26-17-33(40(8,9)10)23-36(20-26)43(39-31(6)29(4)30(5)32(39)7,37-21-27(2)18-34(24-37)41(11,12)13)38-22-28(3)19-35(25-38)42(14,15)16;;;;/h17-25H,1-16H3;3*1H3;/q4*-1;+4. The zero-order valence-electron chi connectivity index (χ0n) is 33.7. The Kier molecular flexibility index (Phi) is 15.2. The van der Waals surface area contributed by atoms with Gasteiger partial charge in [0.2, 0.25) is 0 Å². The number of benzene rings is 3. The second kappa shape index (κ2) is 15.6. The molecule has 0 aliphatic rings. The third-order valence-corrected chi connectivity index (χ3v) is 21.0. The van der Waals surface area contributed by atoms with E-state index in [2.05, 4.69) is 162 Å². The van der Waals surface area contributed by atoms with Crippen molar-refractivity contribution >= 4 is 68.6 Å². The van der Waals surface area contributed by atoms with E-state index in [-0.39, 0.29) is 44.0 Å². The van der Waals surface area contributed by atoms with Crippen LogP contribution in [0.15, 0.2) is 54.6 Å². The first-order chi connectivity index (χ1) is 19.6. The van der Waals surface area contributed by atoms with E-state index in [0.717, 1.165) is 0 Å². The Morgan fingerprint density at radius 1 is 0.404 bits per heavy atom. The minimum Gasteiger partial charge on any atom is -0.358 e. The van der Waals surface area contributed by atoms with Gasteiger partial charge in [-0.2, -0.15) is 27.4 Å². The van der Waals surface area contributed by atoms with Crippen LogP contribution in [0.4, 0.5) is 0 Å². The summed E-state index contributed by atoms with van der Waals surface area (Å²) in [5.41, 5.74) is 10.2. The zero-order chi connectivity index (χ0) is 32.4. The van der Waals surface area contributed by atoms with Gasteiger partial charge in [0, 0.05) is 0 Å². The van der Waals surface area contributed by atoms with Gasteiger partial charge in [-0.1, -0.05) is 173 Å². The van der Waals surface area contributed by atoms with E-state index >= 15 is 0 Å². The third kappa shape index (κ3) is 8.67. The molecule has 0 N–H and O–H groups in total. The molecule has 4 aromatic carbocycles. The molecule has 0 heterocycles. The first kappa shape index (κ1) is 45.6. The number of hydrogen-bond acceptors (Lipinski definition) is 0. The largest absolute Gasteiger partial charge is 4.00 e. The number of rotatable bonds is 7. The van der Waals surface area contributed by atoms with Crippen molar-refractivity contribution in [1.82, 2.24) is 0 Å². The minimum atomic E-state index is -2.76. The molecule has 0 fully saturated rings. The van der Waals surface area contributed by atoms with Gasteiger partial charge in [0.1, 0.15) is 0 Å². The molecule has 47 heavy (non-hydrogen) atoms. The van der Waals surface area contributed by atoms with Crippen LogP contribution in [0.25, 0.3) is 0 Å². The van der Waals surface area contributed by atoms with Gasteiger partial charge in [-0.15, -0.1) is 0 Å². The van der Waals surface area contributed by atoms with Crippen molar-refractivity contribution in [2.75, 3.05) is 0 Å². The average molecular weight is 731 g/mol. The zero-order valence-corrected chi connectivity index (χ0v) is 39.3. The van der Waals surface area contributed by atoms with Gasteiger partial charge in [0.05, 0.1) is 24.2 Å². The van der Waals surface area contributed by atoms with Crippen molar-refractivity contribution in [3.05, 3.63) is 116 Å². The van der Waals surface area contributed by atoms with Crippen molar-refractivity contribution in [3.63, 3.8) is 0 Å². The van der Waals surface area contributed by atoms with Crippen LogP contribution < -0.4 is 36.3 Å². The molecule has 0 aromatic heterocycles. The fourth-order valence-electron chi connectivity index (χ4n) is 7.01. The Morgan fingerprint density at radius 2 is 0.660 bits per heavy atom. The Bertz CT molecular complexity index is 1510. The summed E-state index contributed by atoms with van der Waals surface area (Å²) in [6.45, 7) is 39.1. The average Bonchev–Trinajstić information content (AvgIpc) is 3.05. The molecule has 0 saturated heterocycles. The molecule has 0 nitrogen and oxygen atoms in total. The first-order valence-electron chi connectivity index (χ1n) is 16.2. The van der Waals surface area contributed by atoms with Gasteiger partial charge in [0.25, 0.3) is 0 Å². The first-order valence-corrected chi connectivity index (χ1v) is 28.7. The predicted molar refractivity (Wildman–Crippen MR) is 227 cm³/mol. The van der Waals surface area contributed by atoms with E-state index in [1.54, 1.807) is 36.3 Å². The summed E-state index contributed by atoms with van der Waals surface area (Å²) in [6, 6.07) is 23.2. The summed E-state index contributed by atoms with van der Waals surface area (Å²) in [5, 5.41) is 11.1. The quantitative estimate of drug-likeness (QED) is 0.103. The summed E-state index contributed by atoms with van der Waals surface area (Å²) in [7, 11) is -7.49. The van der Waals surface area contributed by atoms with Gasteiger partial charge in [-0.05, 0) is 36.3 Å². The van der Waals surface area contributed by atoms with Crippen molar-refractivity contribution in [3.8, 4) is 0 Å². The van der Waals surface area contributed by atoms with E-state index in [9.17, 15) is 0 Å². The topological polar surface area (TPSA) is 0 Å². The molecule has 0 atom stereocenters. The molecule has 0 amide bonds. The molecule has 0 radical (unpaired) electrons. The van der Waals surface area contributed by atoms with Gasteiger partial charge in [0.15, 0.2) is 8.07 Å². The van der Waals surface area contributed by atoms with E-state index in [1.165, 1.54) is 38.9 Å². The number of hydrogen-bond donors (Lipinski definition) is 0. The fourth-order valence-corrected chi connectivity index (χ4v) is 17.0. The van der Waals surface area contributed by atoms with Gasteiger partial charge in [-0.25, -0.2) is 0 Å². The molecule has 0 aliphatic carbocycles. The maximum Gasteiger partial charge on any atom is 4.00 e. The predicted octanol–water partition coefficient (Wildman–Crippen LogP) is 7.93. The monoisotopic (exact) mass is 730 g/mol. The van der Waals surface area contributed by atoms with E-state index in [4.69, 9.17) is 0 Å². The normalized spacial score (nSPS) is 12.0. The smallest absolute Gasteiger partial charge is 0.358 e. The molecule has 254 valence electrons. The summed E-state index contributed by atoms with van der Waals surface area (Å²) in [6.07, 6.45) is 0. The molecule has 0 aliphatic heterocycles. The molecule has 0 saturated carbocycles. The summed E-state index contributed by atoms with van der Waals surface area (Å²) >= 11 is 0. The van der Waals surface area contributed by atoms with Crippen LogP contribution in [0.5, 0.6) is 0 Å². The number of aryl methyl sites for hydroxylation is 3. The second-order valence-corrected chi connectivity index (χ2v) is 35.6. The summed E-state index contributed by atoms with van der Waals surface area (Å²) < 4.78 is 0. The van der Waals surface area contributed by atoms with Crippen molar-refractivity contribution in [2.24, 2.45) is 0 Å². The Balaban J connectivity index is 0.00000529. The molecule has 4 aromatic rings. The summed E-state index contributed by atoms with van der Waals surface area (Å²) in [4.78, 5) is 0. The van der Waals surface area contributed by atoms with Gasteiger partial charge < -0.3 is 22.3 Å².